The Morgan fingerprint density at radius 3 is 2.48 bits per heavy atom. The normalized spacial score (nSPS) is 17.3. The van der Waals surface area contributed by atoms with Gasteiger partial charge in [-0.25, -0.2) is 4.99 Å². The first-order chi connectivity index (χ1) is 13.9. The van der Waals surface area contributed by atoms with Crippen molar-refractivity contribution in [3.63, 3.8) is 0 Å². The average molecular weight is 511 g/mol. The SMILES string of the molecule is O=C(CSC1=NC2(CCCC2)N=C1c1ccc(Br)cc1)Nc1ccc(Cl)c(Cl)c1. The zero-order valence-corrected chi connectivity index (χ0v) is 19.3. The number of rotatable bonds is 4. The van der Waals surface area contributed by atoms with Gasteiger partial charge in [0.2, 0.25) is 5.91 Å². The van der Waals surface area contributed by atoms with Gasteiger partial charge in [-0.2, -0.15) is 0 Å². The van der Waals surface area contributed by atoms with Gasteiger partial charge in [0.1, 0.15) is 5.04 Å². The number of hydrogen-bond donors (Lipinski definition) is 1. The lowest BCUT2D eigenvalue weighted by atomic mass is 10.1. The van der Waals surface area contributed by atoms with Crippen LogP contribution in [0.2, 0.25) is 10.0 Å². The Kier molecular flexibility index (Phi) is 6.35. The van der Waals surface area contributed by atoms with Crippen LogP contribution in [0.4, 0.5) is 5.69 Å². The molecule has 0 atom stereocenters. The first-order valence-corrected chi connectivity index (χ1v) is 11.8. The maximum Gasteiger partial charge on any atom is 0.234 e. The number of hydrogen-bond acceptors (Lipinski definition) is 4. The van der Waals surface area contributed by atoms with Crippen molar-refractivity contribution < 1.29 is 4.79 Å². The van der Waals surface area contributed by atoms with Gasteiger partial charge in [0.15, 0.2) is 5.66 Å². The van der Waals surface area contributed by atoms with E-state index in [-0.39, 0.29) is 17.3 Å². The molecule has 8 heteroatoms. The summed E-state index contributed by atoms with van der Waals surface area (Å²) in [6, 6.07) is 13.1. The predicted octanol–water partition coefficient (Wildman–Crippen LogP) is 6.60. The lowest BCUT2D eigenvalue weighted by Gasteiger charge is -2.14. The standard InChI is InChI=1S/C21H18BrCl2N3OS/c22-14-5-3-13(4-6-14)19-20(27-21(26-19)9-1-2-10-21)29-12-18(28)25-15-7-8-16(23)17(24)11-15/h3-8,11H,1-2,9-10,12H2,(H,25,28). The van der Waals surface area contributed by atoms with Crippen molar-refractivity contribution in [2.45, 2.75) is 31.3 Å². The van der Waals surface area contributed by atoms with Gasteiger partial charge in [0.25, 0.3) is 0 Å². The molecule has 1 aliphatic carbocycles. The molecule has 4 nitrogen and oxygen atoms in total. The zero-order valence-electron chi connectivity index (χ0n) is 15.4. The van der Waals surface area contributed by atoms with Crippen molar-refractivity contribution in [2.24, 2.45) is 9.98 Å². The van der Waals surface area contributed by atoms with Crippen LogP contribution in [-0.4, -0.2) is 28.1 Å². The summed E-state index contributed by atoms with van der Waals surface area (Å²) in [7, 11) is 0. The molecule has 0 unspecified atom stereocenters. The molecule has 1 spiro atoms. The van der Waals surface area contributed by atoms with E-state index in [4.69, 9.17) is 33.2 Å². The van der Waals surface area contributed by atoms with E-state index in [0.29, 0.717) is 15.7 Å². The Balaban J connectivity index is 1.48. The monoisotopic (exact) mass is 509 g/mol. The third-order valence-electron chi connectivity index (χ3n) is 4.90. The molecule has 4 rings (SSSR count). The Hall–Kier alpha value is -1.34. The number of halogens is 3. The molecule has 2 aliphatic rings. The van der Waals surface area contributed by atoms with E-state index >= 15 is 0 Å². The lowest BCUT2D eigenvalue weighted by molar-refractivity contribution is -0.113. The summed E-state index contributed by atoms with van der Waals surface area (Å²) in [6.45, 7) is 0. The third kappa shape index (κ3) is 4.88. The van der Waals surface area contributed by atoms with E-state index in [2.05, 4.69) is 21.2 Å². The van der Waals surface area contributed by atoms with Gasteiger partial charge in [0, 0.05) is 15.7 Å². The second-order valence-corrected chi connectivity index (χ2v) is 9.73. The van der Waals surface area contributed by atoms with Crippen LogP contribution in [0.15, 0.2) is 56.9 Å². The van der Waals surface area contributed by atoms with Crippen LogP contribution in [0.3, 0.4) is 0 Å². The molecule has 0 bridgehead atoms. The van der Waals surface area contributed by atoms with Crippen molar-refractivity contribution in [3.8, 4) is 0 Å². The highest BCUT2D eigenvalue weighted by Gasteiger charge is 2.39. The zero-order chi connectivity index (χ0) is 20.4. The second kappa shape index (κ2) is 8.80. The molecule has 1 N–H and O–H groups in total. The van der Waals surface area contributed by atoms with Crippen LogP contribution in [0.1, 0.15) is 31.2 Å². The number of anilines is 1. The molecule has 1 fully saturated rings. The molecule has 2 aromatic carbocycles. The lowest BCUT2D eigenvalue weighted by Crippen LogP contribution is -2.17. The van der Waals surface area contributed by atoms with Gasteiger partial charge in [-0.3, -0.25) is 9.79 Å². The van der Waals surface area contributed by atoms with Crippen molar-refractivity contribution >= 4 is 73.2 Å². The second-order valence-electron chi connectivity index (χ2n) is 7.04. The molecular weight excluding hydrogens is 493 g/mol. The Bertz CT molecular complexity index is 1000. The van der Waals surface area contributed by atoms with Crippen LogP contribution >= 0.6 is 50.9 Å². The van der Waals surface area contributed by atoms with Gasteiger partial charge in [-0.05, 0) is 56.0 Å². The molecule has 1 aliphatic heterocycles. The smallest absolute Gasteiger partial charge is 0.234 e. The van der Waals surface area contributed by atoms with E-state index in [0.717, 1.165) is 46.5 Å². The number of nitrogens with one attached hydrogen (secondary N) is 1. The summed E-state index contributed by atoms with van der Waals surface area (Å²) in [5, 5.41) is 4.55. The Morgan fingerprint density at radius 2 is 1.79 bits per heavy atom. The van der Waals surface area contributed by atoms with Crippen LogP contribution in [0, 0.1) is 0 Å². The van der Waals surface area contributed by atoms with Crippen molar-refractivity contribution in [3.05, 3.63) is 62.5 Å². The minimum absolute atomic E-state index is 0.126. The van der Waals surface area contributed by atoms with Gasteiger partial charge in [-0.1, -0.05) is 63.0 Å². The predicted molar refractivity (Wildman–Crippen MR) is 127 cm³/mol. The first-order valence-electron chi connectivity index (χ1n) is 9.28. The molecule has 29 heavy (non-hydrogen) atoms. The molecule has 1 heterocycles. The molecule has 2 aromatic rings. The molecule has 0 aromatic heterocycles. The highest BCUT2D eigenvalue weighted by molar-refractivity contribution is 9.10. The summed E-state index contributed by atoms with van der Waals surface area (Å²) in [6.07, 6.45) is 4.20. The van der Waals surface area contributed by atoms with Crippen molar-refractivity contribution in [2.75, 3.05) is 11.1 Å². The molecular formula is C21H18BrCl2N3OS. The van der Waals surface area contributed by atoms with E-state index in [1.54, 1.807) is 18.2 Å². The van der Waals surface area contributed by atoms with Gasteiger partial charge in [-0.15, -0.1) is 0 Å². The minimum Gasteiger partial charge on any atom is -0.325 e. The quantitative estimate of drug-likeness (QED) is 0.503. The van der Waals surface area contributed by atoms with Crippen LogP contribution in [0.25, 0.3) is 0 Å². The summed E-state index contributed by atoms with van der Waals surface area (Å²) in [5.41, 5.74) is 2.18. The fourth-order valence-electron chi connectivity index (χ4n) is 3.49. The molecule has 0 radical (unpaired) electrons. The number of nitrogens with zero attached hydrogens (tertiary/aromatic N) is 2. The topological polar surface area (TPSA) is 53.8 Å². The average Bonchev–Trinajstić information content (AvgIpc) is 3.31. The fraction of sp³-hybridized carbons (Fsp3) is 0.286. The summed E-state index contributed by atoms with van der Waals surface area (Å²) >= 11 is 16.8. The first kappa shape index (κ1) is 20.9. The third-order valence-corrected chi connectivity index (χ3v) is 7.13. The minimum atomic E-state index is -0.342. The van der Waals surface area contributed by atoms with E-state index in [9.17, 15) is 4.79 Å². The summed E-state index contributed by atoms with van der Waals surface area (Å²) in [4.78, 5) is 22.4. The van der Waals surface area contributed by atoms with E-state index in [1.807, 2.05) is 24.3 Å². The Labute approximate surface area is 192 Å². The number of amides is 1. The largest absolute Gasteiger partial charge is 0.325 e. The van der Waals surface area contributed by atoms with Crippen LogP contribution in [-0.2, 0) is 4.79 Å². The molecule has 1 saturated carbocycles. The number of carbonyl (C=O) groups excluding carboxylic acids is 1. The molecule has 1 amide bonds. The summed E-state index contributed by atoms with van der Waals surface area (Å²) < 4.78 is 1.02. The van der Waals surface area contributed by atoms with Gasteiger partial charge >= 0.3 is 0 Å². The van der Waals surface area contributed by atoms with Crippen molar-refractivity contribution in [1.82, 2.24) is 0 Å². The fourth-order valence-corrected chi connectivity index (χ4v) is 4.93. The van der Waals surface area contributed by atoms with Crippen LogP contribution < -0.4 is 5.32 Å². The number of carbonyl (C=O) groups is 1. The number of benzene rings is 2. The van der Waals surface area contributed by atoms with Crippen molar-refractivity contribution in [1.29, 1.82) is 0 Å². The van der Waals surface area contributed by atoms with Gasteiger partial charge in [0.05, 0.1) is 21.5 Å². The van der Waals surface area contributed by atoms with E-state index < -0.39 is 0 Å². The Morgan fingerprint density at radius 1 is 1.07 bits per heavy atom. The summed E-state index contributed by atoms with van der Waals surface area (Å²) in [5.74, 6) is 0.115. The highest BCUT2D eigenvalue weighted by atomic mass is 79.9. The van der Waals surface area contributed by atoms with Gasteiger partial charge < -0.3 is 5.32 Å². The number of aliphatic imine (C=N–C) groups is 2. The molecule has 0 saturated heterocycles. The maximum absolute atomic E-state index is 12.5. The maximum atomic E-state index is 12.5. The van der Waals surface area contributed by atoms with E-state index in [1.165, 1.54) is 11.8 Å². The highest BCUT2D eigenvalue weighted by Crippen LogP contribution is 2.40. The number of thioether (sulfide) groups is 1. The van der Waals surface area contributed by atoms with Crippen LogP contribution in [0.5, 0.6) is 0 Å². The molecule has 150 valence electrons.